The molecule has 1 unspecified atom stereocenters. The predicted octanol–water partition coefficient (Wildman–Crippen LogP) is 4.14. The van der Waals surface area contributed by atoms with Crippen LogP contribution in [-0.4, -0.2) is 36.8 Å². The van der Waals surface area contributed by atoms with Gasteiger partial charge < -0.3 is 23.3 Å². The highest BCUT2D eigenvalue weighted by Gasteiger charge is 2.62. The molecule has 0 bridgehead atoms. The van der Waals surface area contributed by atoms with Crippen molar-refractivity contribution in [2.75, 3.05) is 0 Å². The monoisotopic (exact) mass is 374 g/mol. The molecule has 2 heterocycles. The highest BCUT2D eigenvalue weighted by Crippen LogP contribution is 2.45. The fourth-order valence-corrected chi connectivity index (χ4v) is 3.13. The summed E-state index contributed by atoms with van der Waals surface area (Å²) in [5.74, 6) is 0. The minimum atomic E-state index is -0.909. The zero-order valence-corrected chi connectivity index (χ0v) is 18.1. The summed E-state index contributed by atoms with van der Waals surface area (Å²) in [5, 5.41) is 0. The summed E-state index contributed by atoms with van der Waals surface area (Å²) in [7, 11) is -1.43. The van der Waals surface area contributed by atoms with Crippen molar-refractivity contribution < 1.29 is 23.3 Å². The molecule has 148 valence electrons. The molecule has 2 aliphatic rings. The number of hydrogen-bond acceptors (Lipinski definition) is 5. The Bertz CT molecular complexity index is 657. The minimum absolute atomic E-state index is 0.465. The standard InChI is InChI=1S/C20H32B2O5/c1-16(2)17(3,4)24-21(23-16)20(9,15-13-11-10-12-14-15)27-22-25-18(5,6)19(7,8)26-22/h10-14H,1-9H3. The normalized spacial score (nSPS) is 27.6. The lowest BCUT2D eigenvalue weighted by Gasteiger charge is -2.33. The first-order valence-electron chi connectivity index (χ1n) is 9.65. The average molecular weight is 374 g/mol. The second-order valence-corrected chi connectivity index (χ2v) is 9.72. The molecule has 3 rings (SSSR count). The lowest BCUT2D eigenvalue weighted by atomic mass is 9.63. The molecule has 0 saturated carbocycles. The molecule has 0 N–H and O–H groups in total. The summed E-state index contributed by atoms with van der Waals surface area (Å²) < 4.78 is 31.3. The maximum Gasteiger partial charge on any atom is 0.640 e. The third-order valence-corrected chi connectivity index (χ3v) is 6.62. The van der Waals surface area contributed by atoms with E-state index in [0.29, 0.717) is 0 Å². The van der Waals surface area contributed by atoms with Gasteiger partial charge in [-0.25, -0.2) is 0 Å². The summed E-state index contributed by atoms with van der Waals surface area (Å²) in [6.45, 7) is 18.1. The van der Waals surface area contributed by atoms with Gasteiger partial charge in [0.15, 0.2) is 0 Å². The van der Waals surface area contributed by atoms with Crippen LogP contribution in [0.25, 0.3) is 0 Å². The van der Waals surface area contributed by atoms with Crippen molar-refractivity contribution in [3.8, 4) is 0 Å². The summed E-state index contributed by atoms with van der Waals surface area (Å²) in [5.41, 5.74) is -1.86. The number of benzene rings is 1. The fraction of sp³-hybridized carbons (Fsp3) is 0.700. The van der Waals surface area contributed by atoms with Crippen LogP contribution in [0.15, 0.2) is 30.3 Å². The fourth-order valence-electron chi connectivity index (χ4n) is 3.13. The lowest BCUT2D eigenvalue weighted by molar-refractivity contribution is 0.00578. The number of rotatable bonds is 4. The first kappa shape index (κ1) is 20.9. The van der Waals surface area contributed by atoms with E-state index in [4.69, 9.17) is 23.3 Å². The maximum absolute atomic E-state index is 6.43. The topological polar surface area (TPSA) is 46.2 Å². The van der Waals surface area contributed by atoms with Crippen LogP contribution in [-0.2, 0) is 28.8 Å². The van der Waals surface area contributed by atoms with Gasteiger partial charge in [-0.3, -0.25) is 0 Å². The molecule has 5 nitrogen and oxygen atoms in total. The zero-order valence-electron chi connectivity index (χ0n) is 18.1. The van der Waals surface area contributed by atoms with E-state index in [2.05, 4.69) is 0 Å². The molecule has 0 spiro atoms. The minimum Gasteiger partial charge on any atom is -0.401 e. The third-order valence-electron chi connectivity index (χ3n) is 6.62. The van der Waals surface area contributed by atoms with Gasteiger partial charge in [-0.05, 0) is 67.9 Å². The molecule has 2 saturated heterocycles. The van der Waals surface area contributed by atoms with Gasteiger partial charge >= 0.3 is 14.4 Å². The molecule has 1 aromatic rings. The molecular formula is C20H32B2O5. The maximum atomic E-state index is 6.43. The van der Waals surface area contributed by atoms with Crippen molar-refractivity contribution >= 4 is 14.4 Å². The molecule has 0 amide bonds. The summed E-state index contributed by atoms with van der Waals surface area (Å²) in [6.07, 6.45) is 0. The van der Waals surface area contributed by atoms with E-state index in [1.807, 2.05) is 92.6 Å². The molecule has 27 heavy (non-hydrogen) atoms. The first-order chi connectivity index (χ1) is 12.2. The average Bonchev–Trinajstić information content (AvgIpc) is 2.87. The van der Waals surface area contributed by atoms with Gasteiger partial charge in [0.05, 0.1) is 22.4 Å². The van der Waals surface area contributed by atoms with E-state index in [9.17, 15) is 0 Å². The van der Waals surface area contributed by atoms with Crippen LogP contribution in [0, 0.1) is 0 Å². The van der Waals surface area contributed by atoms with E-state index in [0.717, 1.165) is 5.56 Å². The summed E-state index contributed by atoms with van der Waals surface area (Å²) >= 11 is 0. The van der Waals surface area contributed by atoms with E-state index >= 15 is 0 Å². The highest BCUT2D eigenvalue weighted by atomic mass is 16.8. The molecule has 7 heteroatoms. The predicted molar refractivity (Wildman–Crippen MR) is 107 cm³/mol. The van der Waals surface area contributed by atoms with Crippen LogP contribution < -0.4 is 0 Å². The Hall–Kier alpha value is -0.850. The van der Waals surface area contributed by atoms with Gasteiger partial charge in [0.25, 0.3) is 0 Å². The second kappa shape index (κ2) is 6.33. The molecule has 0 radical (unpaired) electrons. The van der Waals surface area contributed by atoms with E-state index in [1.165, 1.54) is 0 Å². The van der Waals surface area contributed by atoms with Crippen molar-refractivity contribution in [1.29, 1.82) is 0 Å². The quantitative estimate of drug-likeness (QED) is 0.742. The van der Waals surface area contributed by atoms with E-state index in [1.54, 1.807) is 0 Å². The van der Waals surface area contributed by atoms with Gasteiger partial charge in [0, 0.05) is 0 Å². The SMILES string of the molecule is CC(OB1OC(C)(C)C(C)(C)O1)(B1OC(C)(C)C(C)(C)O1)c1ccccc1. The summed E-state index contributed by atoms with van der Waals surface area (Å²) in [6, 6.07) is 9.95. The second-order valence-electron chi connectivity index (χ2n) is 9.72. The Balaban J connectivity index is 1.94. The first-order valence-corrected chi connectivity index (χ1v) is 9.65. The van der Waals surface area contributed by atoms with Gasteiger partial charge in [0.1, 0.15) is 5.50 Å². The van der Waals surface area contributed by atoms with Crippen molar-refractivity contribution in [3.63, 3.8) is 0 Å². The Labute approximate surface area is 164 Å². The Morgan fingerprint density at radius 3 is 1.56 bits per heavy atom. The Morgan fingerprint density at radius 2 is 1.11 bits per heavy atom. The van der Waals surface area contributed by atoms with Crippen molar-refractivity contribution in [1.82, 2.24) is 0 Å². The van der Waals surface area contributed by atoms with Crippen LogP contribution in [0.1, 0.15) is 67.9 Å². The third kappa shape index (κ3) is 3.49. The lowest BCUT2D eigenvalue weighted by Crippen LogP contribution is -2.49. The zero-order chi connectivity index (χ0) is 20.3. The van der Waals surface area contributed by atoms with Crippen LogP contribution in [0.3, 0.4) is 0 Å². The van der Waals surface area contributed by atoms with E-state index < -0.39 is 42.3 Å². The molecule has 1 aromatic carbocycles. The van der Waals surface area contributed by atoms with Crippen LogP contribution >= 0.6 is 0 Å². The van der Waals surface area contributed by atoms with Crippen LogP contribution in [0.4, 0.5) is 0 Å². The Morgan fingerprint density at radius 1 is 0.704 bits per heavy atom. The van der Waals surface area contributed by atoms with Crippen LogP contribution in [0.5, 0.6) is 0 Å². The molecule has 2 aliphatic heterocycles. The van der Waals surface area contributed by atoms with Crippen molar-refractivity contribution in [2.24, 2.45) is 0 Å². The van der Waals surface area contributed by atoms with E-state index in [-0.39, 0.29) is 0 Å². The molecular weight excluding hydrogens is 342 g/mol. The van der Waals surface area contributed by atoms with Crippen molar-refractivity contribution in [3.05, 3.63) is 35.9 Å². The molecule has 0 aliphatic carbocycles. The van der Waals surface area contributed by atoms with Gasteiger partial charge in [0.2, 0.25) is 0 Å². The molecule has 2 fully saturated rings. The van der Waals surface area contributed by atoms with Gasteiger partial charge in [-0.15, -0.1) is 0 Å². The Kier molecular flexibility index (Phi) is 4.89. The van der Waals surface area contributed by atoms with Gasteiger partial charge in [-0.1, -0.05) is 30.3 Å². The van der Waals surface area contributed by atoms with Crippen LogP contribution in [0.2, 0.25) is 0 Å². The van der Waals surface area contributed by atoms with Crippen molar-refractivity contribution in [2.45, 2.75) is 90.2 Å². The van der Waals surface area contributed by atoms with Gasteiger partial charge in [-0.2, -0.15) is 0 Å². The smallest absolute Gasteiger partial charge is 0.401 e. The molecule has 1 atom stereocenters. The number of hydrogen-bond donors (Lipinski definition) is 0. The summed E-state index contributed by atoms with van der Waals surface area (Å²) in [4.78, 5) is 0. The highest BCUT2D eigenvalue weighted by molar-refractivity contribution is 6.51. The molecule has 0 aromatic heterocycles. The largest absolute Gasteiger partial charge is 0.640 e.